The zero-order valence-electron chi connectivity index (χ0n) is 19.0. The number of hydrogen-bond donors (Lipinski definition) is 0. The van der Waals surface area contributed by atoms with Crippen molar-refractivity contribution in [3.05, 3.63) is 28.7 Å². The first-order chi connectivity index (χ1) is 15.8. The van der Waals surface area contributed by atoms with E-state index in [1.165, 1.54) is 7.11 Å². The van der Waals surface area contributed by atoms with E-state index in [1.807, 2.05) is 6.92 Å². The number of carbonyl (C=O) groups is 4. The van der Waals surface area contributed by atoms with Crippen molar-refractivity contribution in [1.82, 2.24) is 9.80 Å². The molecule has 9 nitrogen and oxygen atoms in total. The second-order valence-corrected chi connectivity index (χ2v) is 8.83. The van der Waals surface area contributed by atoms with E-state index >= 15 is 0 Å². The molecule has 178 valence electrons. The first-order valence-corrected chi connectivity index (χ1v) is 11.6. The summed E-state index contributed by atoms with van der Waals surface area (Å²) in [6.45, 7) is 5.11. The van der Waals surface area contributed by atoms with Crippen LogP contribution in [0.15, 0.2) is 23.1 Å². The molecule has 0 atom stereocenters. The Kier molecular flexibility index (Phi) is 8.37. The highest BCUT2D eigenvalue weighted by atomic mass is 32.2. The van der Waals surface area contributed by atoms with Gasteiger partial charge in [-0.2, -0.15) is 0 Å². The molecule has 0 aliphatic carbocycles. The molecule has 0 aromatic heterocycles. The van der Waals surface area contributed by atoms with Gasteiger partial charge in [0.05, 0.1) is 18.6 Å². The highest BCUT2D eigenvalue weighted by Gasteiger charge is 2.37. The molecule has 1 aromatic rings. The molecule has 10 heteroatoms. The van der Waals surface area contributed by atoms with Crippen molar-refractivity contribution in [1.29, 1.82) is 0 Å². The molecular formula is C23H28N2O7S. The number of thioether (sulfide) groups is 1. The van der Waals surface area contributed by atoms with Crippen LogP contribution in [0.25, 0.3) is 6.08 Å². The maximum absolute atomic E-state index is 12.8. The normalized spacial score (nSPS) is 18.1. The summed E-state index contributed by atoms with van der Waals surface area (Å²) >= 11 is 0.801. The molecule has 2 aliphatic rings. The van der Waals surface area contributed by atoms with Crippen molar-refractivity contribution in [2.75, 3.05) is 40.0 Å². The van der Waals surface area contributed by atoms with Crippen LogP contribution in [-0.4, -0.2) is 72.8 Å². The average Bonchev–Trinajstić information content (AvgIpc) is 3.06. The molecular weight excluding hydrogens is 448 g/mol. The second kappa shape index (κ2) is 11.2. The predicted octanol–water partition coefficient (Wildman–Crippen LogP) is 2.93. The minimum absolute atomic E-state index is 0.212. The molecule has 0 spiro atoms. The minimum atomic E-state index is -0.524. The van der Waals surface area contributed by atoms with Crippen LogP contribution in [-0.2, 0) is 19.1 Å². The van der Waals surface area contributed by atoms with E-state index in [0.717, 1.165) is 29.5 Å². The van der Waals surface area contributed by atoms with Gasteiger partial charge < -0.3 is 19.1 Å². The number of esters is 1. The third kappa shape index (κ3) is 6.28. The van der Waals surface area contributed by atoms with E-state index in [4.69, 9.17) is 9.47 Å². The van der Waals surface area contributed by atoms with E-state index in [9.17, 15) is 19.2 Å². The monoisotopic (exact) mass is 476 g/mol. The summed E-state index contributed by atoms with van der Waals surface area (Å²) < 4.78 is 15.6. The Morgan fingerprint density at radius 1 is 1.15 bits per heavy atom. The smallest absolute Gasteiger partial charge is 0.343 e. The van der Waals surface area contributed by atoms with E-state index < -0.39 is 17.1 Å². The first kappa shape index (κ1) is 24.6. The number of rotatable bonds is 8. The van der Waals surface area contributed by atoms with Gasteiger partial charge in [-0.3, -0.25) is 19.3 Å². The van der Waals surface area contributed by atoms with Gasteiger partial charge in [-0.05, 0) is 61.2 Å². The molecule has 2 fully saturated rings. The van der Waals surface area contributed by atoms with Crippen LogP contribution in [0.4, 0.5) is 4.79 Å². The fourth-order valence-electron chi connectivity index (χ4n) is 3.48. The molecule has 2 aliphatic heterocycles. The molecule has 2 saturated heterocycles. The molecule has 33 heavy (non-hydrogen) atoms. The number of nitrogens with zero attached hydrogens (tertiary/aromatic N) is 2. The summed E-state index contributed by atoms with van der Waals surface area (Å²) in [5, 5.41) is -0.465. The van der Waals surface area contributed by atoms with Crippen LogP contribution < -0.4 is 9.47 Å². The maximum atomic E-state index is 12.8. The summed E-state index contributed by atoms with van der Waals surface area (Å²) in [4.78, 5) is 52.1. The summed E-state index contributed by atoms with van der Waals surface area (Å²) in [7, 11) is 1.27. The Morgan fingerprint density at radius 2 is 1.88 bits per heavy atom. The summed E-state index contributed by atoms with van der Waals surface area (Å²) in [5.41, 5.74) is 0.616. The van der Waals surface area contributed by atoms with Gasteiger partial charge in [-0.25, -0.2) is 4.79 Å². The number of imide groups is 1. The quantitative estimate of drug-likeness (QED) is 0.417. The number of benzene rings is 1. The number of hydrogen-bond acceptors (Lipinski definition) is 8. The lowest BCUT2D eigenvalue weighted by Gasteiger charge is -2.31. The molecule has 0 unspecified atom stereocenters. The second-order valence-electron chi connectivity index (χ2n) is 7.84. The van der Waals surface area contributed by atoms with Crippen molar-refractivity contribution >= 4 is 40.9 Å². The molecule has 1 aromatic carbocycles. The Labute approximate surface area is 197 Å². The van der Waals surface area contributed by atoms with Gasteiger partial charge in [0.2, 0.25) is 5.91 Å². The lowest BCUT2D eigenvalue weighted by atomic mass is 9.99. The van der Waals surface area contributed by atoms with Gasteiger partial charge in [-0.15, -0.1) is 0 Å². The number of methoxy groups -OCH3 is 1. The van der Waals surface area contributed by atoms with Gasteiger partial charge in [-0.1, -0.05) is 13.0 Å². The first-order valence-electron chi connectivity index (χ1n) is 10.8. The molecule has 0 radical (unpaired) electrons. The fourth-order valence-corrected chi connectivity index (χ4v) is 4.32. The lowest BCUT2D eigenvalue weighted by Crippen LogP contribution is -2.45. The van der Waals surface area contributed by atoms with E-state index in [0.29, 0.717) is 42.7 Å². The lowest BCUT2D eigenvalue weighted by molar-refractivity contribution is -0.143. The Balaban J connectivity index is 1.70. The Bertz CT molecular complexity index is 954. The number of ether oxygens (including phenoxy) is 3. The fraction of sp³-hybridized carbons (Fsp3) is 0.478. The highest BCUT2D eigenvalue weighted by molar-refractivity contribution is 8.18. The Morgan fingerprint density at radius 3 is 2.55 bits per heavy atom. The SMILES string of the molecule is CCOc1cc(/C=C2/SC(=O)N(CC(=O)N3CCC(C)CC3)C2=O)ccc1OCC(=O)OC. The van der Waals surface area contributed by atoms with Crippen LogP contribution in [0.5, 0.6) is 11.5 Å². The predicted molar refractivity (Wildman–Crippen MR) is 123 cm³/mol. The molecule has 3 rings (SSSR count). The van der Waals surface area contributed by atoms with Crippen LogP contribution in [0, 0.1) is 5.92 Å². The van der Waals surface area contributed by atoms with Gasteiger partial charge in [0.25, 0.3) is 11.1 Å². The number of piperidine rings is 1. The van der Waals surface area contributed by atoms with Gasteiger partial charge in [0.1, 0.15) is 6.54 Å². The van der Waals surface area contributed by atoms with Crippen molar-refractivity contribution in [2.45, 2.75) is 26.7 Å². The van der Waals surface area contributed by atoms with Crippen LogP contribution in [0.3, 0.4) is 0 Å². The largest absolute Gasteiger partial charge is 0.490 e. The van der Waals surface area contributed by atoms with Crippen molar-refractivity contribution in [2.24, 2.45) is 5.92 Å². The number of amides is 3. The van der Waals surface area contributed by atoms with Crippen molar-refractivity contribution in [3.8, 4) is 11.5 Å². The molecule has 2 heterocycles. The van der Waals surface area contributed by atoms with Gasteiger partial charge >= 0.3 is 5.97 Å². The van der Waals surface area contributed by atoms with E-state index in [2.05, 4.69) is 11.7 Å². The molecule has 0 saturated carbocycles. The standard InChI is InChI=1S/C23H28N2O7S/c1-4-31-18-11-16(5-6-17(18)32-14-21(27)30-3)12-19-22(28)25(23(29)33-19)13-20(26)24-9-7-15(2)8-10-24/h5-6,11-12,15H,4,7-10,13-14H2,1-3H3/b19-12+. The third-order valence-electron chi connectivity index (χ3n) is 5.44. The highest BCUT2D eigenvalue weighted by Crippen LogP contribution is 2.35. The topological polar surface area (TPSA) is 102 Å². The summed E-state index contributed by atoms with van der Waals surface area (Å²) in [6.07, 6.45) is 3.43. The van der Waals surface area contributed by atoms with Crippen molar-refractivity contribution in [3.63, 3.8) is 0 Å². The third-order valence-corrected chi connectivity index (χ3v) is 6.35. The molecule has 3 amide bonds. The average molecular weight is 477 g/mol. The summed E-state index contributed by atoms with van der Waals surface area (Å²) in [6, 6.07) is 4.96. The maximum Gasteiger partial charge on any atom is 0.343 e. The van der Waals surface area contributed by atoms with Gasteiger partial charge in [0.15, 0.2) is 18.1 Å². The van der Waals surface area contributed by atoms with E-state index in [1.54, 1.807) is 29.2 Å². The van der Waals surface area contributed by atoms with Crippen LogP contribution in [0.2, 0.25) is 0 Å². The number of carbonyl (C=O) groups excluding carboxylic acids is 4. The minimum Gasteiger partial charge on any atom is -0.490 e. The van der Waals surface area contributed by atoms with Crippen molar-refractivity contribution < 1.29 is 33.4 Å². The molecule has 0 N–H and O–H groups in total. The zero-order valence-corrected chi connectivity index (χ0v) is 19.8. The number of likely N-dealkylation sites (tertiary alicyclic amines) is 1. The van der Waals surface area contributed by atoms with Crippen LogP contribution in [0.1, 0.15) is 32.3 Å². The molecule has 0 bridgehead atoms. The van der Waals surface area contributed by atoms with Crippen LogP contribution >= 0.6 is 11.8 Å². The van der Waals surface area contributed by atoms with E-state index in [-0.39, 0.29) is 24.0 Å². The van der Waals surface area contributed by atoms with Gasteiger partial charge in [0, 0.05) is 13.1 Å². The zero-order chi connectivity index (χ0) is 24.0. The Hall–Kier alpha value is -3.01. The summed E-state index contributed by atoms with van der Waals surface area (Å²) in [5.74, 6) is 0.0959.